The van der Waals surface area contributed by atoms with E-state index >= 15 is 0 Å². The van der Waals surface area contributed by atoms with Gasteiger partial charge in [0.05, 0.1) is 16.8 Å². The van der Waals surface area contributed by atoms with Crippen molar-refractivity contribution in [2.75, 3.05) is 17.7 Å². The highest BCUT2D eigenvalue weighted by molar-refractivity contribution is 7.99. The summed E-state index contributed by atoms with van der Waals surface area (Å²) >= 11 is 2.65. The Morgan fingerprint density at radius 3 is 2.74 bits per heavy atom. The first-order valence-corrected chi connectivity index (χ1v) is 12.5. The van der Waals surface area contributed by atoms with Crippen LogP contribution in [0, 0.1) is 6.92 Å². The predicted molar refractivity (Wildman–Crippen MR) is 135 cm³/mol. The van der Waals surface area contributed by atoms with Gasteiger partial charge in [-0.1, -0.05) is 42.1 Å². The second-order valence-corrected chi connectivity index (χ2v) is 10.2. The maximum absolute atomic E-state index is 12.9. The third-order valence-electron chi connectivity index (χ3n) is 5.74. The first-order valence-electron chi connectivity index (χ1n) is 10.7. The number of aromatic nitrogens is 2. The van der Waals surface area contributed by atoms with E-state index in [9.17, 15) is 14.4 Å². The number of rotatable bonds is 5. The van der Waals surface area contributed by atoms with E-state index in [1.54, 1.807) is 32.2 Å². The number of likely N-dealkylation sites (N-methyl/N-ethyl adjacent to an activating group) is 1. The van der Waals surface area contributed by atoms with E-state index in [2.05, 4.69) is 9.97 Å². The van der Waals surface area contributed by atoms with Gasteiger partial charge < -0.3 is 14.6 Å². The van der Waals surface area contributed by atoms with Gasteiger partial charge in [-0.25, -0.2) is 4.98 Å². The van der Waals surface area contributed by atoms with E-state index in [4.69, 9.17) is 4.74 Å². The number of aromatic amines is 1. The average Bonchev–Trinajstić information content (AvgIpc) is 3.17. The fourth-order valence-corrected chi connectivity index (χ4v) is 5.88. The largest absolute Gasteiger partial charge is 0.479 e. The van der Waals surface area contributed by atoms with Crippen LogP contribution in [0.5, 0.6) is 5.75 Å². The van der Waals surface area contributed by atoms with Gasteiger partial charge in [-0.3, -0.25) is 14.4 Å². The zero-order valence-electron chi connectivity index (χ0n) is 18.7. The van der Waals surface area contributed by atoms with Gasteiger partial charge in [0.25, 0.3) is 11.5 Å². The number of nitrogens with zero attached hydrogens (tertiary/aromatic N) is 2. The molecule has 34 heavy (non-hydrogen) atoms. The van der Waals surface area contributed by atoms with Crippen molar-refractivity contribution in [2.24, 2.45) is 0 Å². The number of thioether (sulfide) groups is 1. The molecule has 1 aliphatic rings. The number of hydrogen-bond donors (Lipinski definition) is 1. The van der Waals surface area contributed by atoms with Crippen molar-refractivity contribution in [2.45, 2.75) is 25.1 Å². The number of carbonyl (C=O) groups is 2. The minimum atomic E-state index is -0.560. The molecular weight excluding hydrogens is 470 g/mol. The maximum Gasteiger partial charge on any atom is 0.267 e. The molecule has 1 amide bonds. The Morgan fingerprint density at radius 1 is 1.21 bits per heavy atom. The Kier molecular flexibility index (Phi) is 5.75. The van der Waals surface area contributed by atoms with E-state index < -0.39 is 6.10 Å². The summed E-state index contributed by atoms with van der Waals surface area (Å²) in [5, 5.41) is 0.968. The number of ketones is 1. The lowest BCUT2D eigenvalue weighted by atomic mass is 10.0. The molecule has 0 saturated heterocycles. The van der Waals surface area contributed by atoms with Crippen LogP contribution in [0.3, 0.4) is 0 Å². The van der Waals surface area contributed by atoms with Crippen LogP contribution < -0.4 is 15.2 Å². The lowest BCUT2D eigenvalue weighted by Crippen LogP contribution is -2.42. The second kappa shape index (κ2) is 8.73. The molecule has 9 heteroatoms. The number of anilines is 1. The van der Waals surface area contributed by atoms with Crippen LogP contribution in [0.1, 0.15) is 22.2 Å². The molecule has 0 radical (unpaired) electrons. The van der Waals surface area contributed by atoms with Gasteiger partial charge in [-0.05, 0) is 37.6 Å². The number of fused-ring (bicyclic) bond motifs is 2. The second-order valence-electron chi connectivity index (χ2n) is 8.00. The molecule has 0 spiro atoms. The Bertz CT molecular complexity index is 1490. The molecule has 2 aromatic heterocycles. The fourth-order valence-electron chi connectivity index (χ4n) is 4.02. The number of benzene rings is 2. The van der Waals surface area contributed by atoms with Crippen LogP contribution in [0.15, 0.2) is 58.5 Å². The van der Waals surface area contributed by atoms with Crippen LogP contribution in [0.25, 0.3) is 21.3 Å². The van der Waals surface area contributed by atoms with E-state index in [0.29, 0.717) is 32.4 Å². The van der Waals surface area contributed by atoms with Crippen molar-refractivity contribution in [3.8, 4) is 16.9 Å². The van der Waals surface area contributed by atoms with Gasteiger partial charge in [0.1, 0.15) is 10.6 Å². The highest BCUT2D eigenvalue weighted by atomic mass is 32.2. The van der Waals surface area contributed by atoms with Gasteiger partial charge in [0.2, 0.25) is 0 Å². The lowest BCUT2D eigenvalue weighted by molar-refractivity contribution is -0.125. The average molecular weight is 492 g/mol. The summed E-state index contributed by atoms with van der Waals surface area (Å²) < 4.78 is 5.62. The number of Topliss-reactive ketones (excluding diaryl/α,β-unsaturated/α-hetero) is 1. The van der Waals surface area contributed by atoms with E-state index in [1.807, 2.05) is 37.3 Å². The summed E-state index contributed by atoms with van der Waals surface area (Å²) in [5.41, 5.74) is 2.68. The van der Waals surface area contributed by atoms with Crippen LogP contribution >= 0.6 is 23.1 Å². The number of hydrogen-bond acceptors (Lipinski definition) is 7. The number of thiophene rings is 1. The number of amides is 1. The lowest BCUT2D eigenvalue weighted by Gasteiger charge is -2.30. The number of H-pyrrole nitrogens is 1. The molecule has 0 bridgehead atoms. The standard InChI is InChI=1S/C25H21N3O4S2/c1-13-24(31)28(3)17-11-16(9-10-19(17)32-13)18(29)12-33-25-26-22(30)21-20(14(2)34-23(21)27-25)15-7-5-4-6-8-15/h4-11,13H,12H2,1-3H3,(H,26,27,30). The smallest absolute Gasteiger partial charge is 0.267 e. The molecule has 1 aliphatic heterocycles. The van der Waals surface area contributed by atoms with Crippen molar-refractivity contribution in [3.63, 3.8) is 0 Å². The molecule has 0 aliphatic carbocycles. The number of ether oxygens (including phenoxy) is 1. The first-order chi connectivity index (χ1) is 16.3. The summed E-state index contributed by atoms with van der Waals surface area (Å²) in [6.45, 7) is 3.67. The minimum absolute atomic E-state index is 0.0953. The number of aryl methyl sites for hydroxylation is 1. The topological polar surface area (TPSA) is 92.4 Å². The van der Waals surface area contributed by atoms with Crippen molar-refractivity contribution in [1.29, 1.82) is 0 Å². The molecule has 0 saturated carbocycles. The SMILES string of the molecule is Cc1sc2nc(SCC(=O)c3ccc4c(c3)N(C)C(=O)C(C)O4)[nH]c(=O)c2c1-c1ccccc1. The summed E-state index contributed by atoms with van der Waals surface area (Å²) in [4.78, 5) is 48.6. The highest BCUT2D eigenvalue weighted by Gasteiger charge is 2.29. The third kappa shape index (κ3) is 3.91. The van der Waals surface area contributed by atoms with Crippen LogP contribution in [0.2, 0.25) is 0 Å². The molecule has 1 N–H and O–H groups in total. The van der Waals surface area contributed by atoms with Crippen molar-refractivity contribution < 1.29 is 14.3 Å². The molecule has 1 atom stereocenters. The van der Waals surface area contributed by atoms with Crippen molar-refractivity contribution in [1.82, 2.24) is 9.97 Å². The van der Waals surface area contributed by atoms with Gasteiger partial charge >= 0.3 is 0 Å². The Labute approximate surface area is 203 Å². The molecule has 7 nitrogen and oxygen atoms in total. The minimum Gasteiger partial charge on any atom is -0.479 e. The summed E-state index contributed by atoms with van der Waals surface area (Å²) in [6, 6.07) is 14.8. The maximum atomic E-state index is 12.9. The van der Waals surface area contributed by atoms with Gasteiger partial charge in [0, 0.05) is 23.1 Å². The van der Waals surface area contributed by atoms with Crippen molar-refractivity contribution in [3.05, 3.63) is 69.3 Å². The van der Waals surface area contributed by atoms with Crippen LogP contribution in [-0.4, -0.2) is 40.6 Å². The van der Waals surface area contributed by atoms with Gasteiger partial charge in [-0.15, -0.1) is 11.3 Å². The summed E-state index contributed by atoms with van der Waals surface area (Å²) in [6.07, 6.45) is -0.560. The normalized spacial score (nSPS) is 15.3. The zero-order valence-corrected chi connectivity index (χ0v) is 20.4. The molecule has 0 fully saturated rings. The van der Waals surface area contributed by atoms with E-state index in [1.165, 1.54) is 28.0 Å². The quantitative estimate of drug-likeness (QED) is 0.248. The van der Waals surface area contributed by atoms with Crippen molar-refractivity contribution >= 4 is 50.7 Å². The highest BCUT2D eigenvalue weighted by Crippen LogP contribution is 2.36. The first kappa shape index (κ1) is 22.4. The molecular formula is C25H21N3O4S2. The Morgan fingerprint density at radius 2 is 1.97 bits per heavy atom. The van der Waals surface area contributed by atoms with Gasteiger partial charge in [0.15, 0.2) is 17.0 Å². The summed E-state index contributed by atoms with van der Waals surface area (Å²) in [7, 11) is 1.67. The Hall–Kier alpha value is -3.43. The molecule has 3 heterocycles. The van der Waals surface area contributed by atoms with E-state index in [-0.39, 0.29) is 23.0 Å². The number of nitrogens with one attached hydrogen (secondary N) is 1. The van der Waals surface area contributed by atoms with E-state index in [0.717, 1.165) is 16.0 Å². The number of carbonyl (C=O) groups excluding carboxylic acids is 2. The van der Waals surface area contributed by atoms with Crippen LogP contribution in [-0.2, 0) is 4.79 Å². The van der Waals surface area contributed by atoms with Gasteiger partial charge in [-0.2, -0.15) is 0 Å². The fraction of sp³-hybridized carbons (Fsp3) is 0.200. The zero-order chi connectivity index (χ0) is 24.0. The molecule has 5 rings (SSSR count). The Balaban J connectivity index is 1.38. The van der Waals surface area contributed by atoms with Crippen LogP contribution in [0.4, 0.5) is 5.69 Å². The summed E-state index contributed by atoms with van der Waals surface area (Å²) in [5.74, 6) is 0.362. The predicted octanol–water partition coefficient (Wildman–Crippen LogP) is 4.68. The molecule has 172 valence electrons. The monoisotopic (exact) mass is 491 g/mol. The third-order valence-corrected chi connectivity index (χ3v) is 7.62. The molecule has 4 aromatic rings. The molecule has 2 aromatic carbocycles. The molecule has 1 unspecified atom stereocenters.